The molecule has 1 aliphatic heterocycles. The van der Waals surface area contributed by atoms with Crippen molar-refractivity contribution in [3.05, 3.63) is 66.7 Å². The zero-order chi connectivity index (χ0) is 19.3. The zero-order valence-electron chi connectivity index (χ0n) is 14.9. The fraction of sp³-hybridized carbons (Fsp3) is 0.143. The first-order valence-corrected chi connectivity index (χ1v) is 8.78. The third kappa shape index (κ3) is 3.83. The molecule has 2 amide bonds. The van der Waals surface area contributed by atoms with Crippen LogP contribution >= 0.6 is 0 Å². The number of nitrogens with one attached hydrogen (secondary N) is 2. The molecule has 1 atom stereocenters. The van der Waals surface area contributed by atoms with Gasteiger partial charge in [0.25, 0.3) is 11.8 Å². The third-order valence-electron chi connectivity index (χ3n) is 4.23. The minimum absolute atomic E-state index is 0.0607. The molecule has 0 bridgehead atoms. The van der Waals surface area contributed by atoms with Gasteiger partial charge in [0.05, 0.1) is 0 Å². The second-order valence-corrected chi connectivity index (χ2v) is 6.17. The van der Waals surface area contributed by atoms with Gasteiger partial charge in [-0.3, -0.25) is 20.4 Å². The van der Waals surface area contributed by atoms with E-state index >= 15 is 0 Å². The molecule has 0 aliphatic carbocycles. The highest BCUT2D eigenvalue weighted by Crippen LogP contribution is 2.30. The lowest BCUT2D eigenvalue weighted by atomic mass is 10.1. The molecule has 4 rings (SSSR count). The van der Waals surface area contributed by atoms with E-state index in [1.54, 1.807) is 24.3 Å². The molecular formula is C21H18N2O5. The topological polar surface area (TPSA) is 85.9 Å². The monoisotopic (exact) mass is 378 g/mol. The Morgan fingerprint density at radius 2 is 1.68 bits per heavy atom. The van der Waals surface area contributed by atoms with Gasteiger partial charge in [0, 0.05) is 5.39 Å². The summed E-state index contributed by atoms with van der Waals surface area (Å²) >= 11 is 0. The van der Waals surface area contributed by atoms with Crippen LogP contribution in [0.1, 0.15) is 0 Å². The van der Waals surface area contributed by atoms with Gasteiger partial charge < -0.3 is 14.2 Å². The molecule has 0 saturated heterocycles. The molecule has 0 spiro atoms. The average Bonchev–Trinajstić information content (AvgIpc) is 2.75. The molecule has 3 aromatic rings. The Balaban J connectivity index is 1.28. The zero-order valence-corrected chi connectivity index (χ0v) is 14.9. The van der Waals surface area contributed by atoms with Crippen molar-refractivity contribution in [3.63, 3.8) is 0 Å². The highest BCUT2D eigenvalue weighted by Gasteiger charge is 2.27. The van der Waals surface area contributed by atoms with Crippen molar-refractivity contribution < 1.29 is 23.8 Å². The lowest BCUT2D eigenvalue weighted by molar-refractivity contribution is -0.135. The minimum Gasteiger partial charge on any atom is -0.485 e. The van der Waals surface area contributed by atoms with Crippen LogP contribution in [0.3, 0.4) is 0 Å². The summed E-state index contributed by atoms with van der Waals surface area (Å²) in [7, 11) is 0. The van der Waals surface area contributed by atoms with Crippen LogP contribution in [0, 0.1) is 0 Å². The van der Waals surface area contributed by atoms with Crippen molar-refractivity contribution in [2.75, 3.05) is 13.2 Å². The van der Waals surface area contributed by atoms with Gasteiger partial charge in [-0.15, -0.1) is 0 Å². The maximum absolute atomic E-state index is 12.2. The van der Waals surface area contributed by atoms with Gasteiger partial charge in [-0.05, 0) is 23.6 Å². The van der Waals surface area contributed by atoms with Gasteiger partial charge in [-0.1, -0.05) is 48.5 Å². The van der Waals surface area contributed by atoms with E-state index in [1.165, 1.54) is 0 Å². The second-order valence-electron chi connectivity index (χ2n) is 6.17. The second kappa shape index (κ2) is 7.87. The molecule has 3 aromatic carbocycles. The first-order valence-electron chi connectivity index (χ1n) is 8.78. The molecular weight excluding hydrogens is 360 g/mol. The number of amides is 2. The predicted octanol–water partition coefficient (Wildman–Crippen LogP) is 2.21. The Hall–Kier alpha value is -3.74. The van der Waals surface area contributed by atoms with E-state index in [0.29, 0.717) is 17.2 Å². The maximum Gasteiger partial charge on any atom is 0.283 e. The smallest absolute Gasteiger partial charge is 0.283 e. The fourth-order valence-corrected chi connectivity index (χ4v) is 2.86. The summed E-state index contributed by atoms with van der Waals surface area (Å²) in [5, 5.41) is 1.93. The standard InChI is InChI=1S/C21H18N2O5/c24-20(13-27-16-11-5-7-14-6-1-2-8-15(14)16)22-23-21(25)19-12-26-17-9-3-4-10-18(17)28-19/h1-11,19H,12-13H2,(H,22,24)(H,23,25)/t19-/m1/s1. The van der Waals surface area contributed by atoms with Gasteiger partial charge in [0.2, 0.25) is 6.10 Å². The van der Waals surface area contributed by atoms with Gasteiger partial charge in [0.1, 0.15) is 12.4 Å². The first kappa shape index (κ1) is 17.7. The number of benzene rings is 3. The summed E-state index contributed by atoms with van der Waals surface area (Å²) in [5.74, 6) is 0.671. The summed E-state index contributed by atoms with van der Waals surface area (Å²) < 4.78 is 16.7. The van der Waals surface area contributed by atoms with E-state index in [2.05, 4.69) is 10.9 Å². The Kier molecular flexibility index (Phi) is 4.97. The summed E-state index contributed by atoms with van der Waals surface area (Å²) in [6.07, 6.45) is -0.853. The number of hydrogen-bond acceptors (Lipinski definition) is 5. The molecule has 7 heteroatoms. The average molecular weight is 378 g/mol. The lowest BCUT2D eigenvalue weighted by Gasteiger charge is -2.25. The molecule has 0 saturated carbocycles. The van der Waals surface area contributed by atoms with Crippen LogP contribution in [0.2, 0.25) is 0 Å². The largest absolute Gasteiger partial charge is 0.485 e. The van der Waals surface area contributed by atoms with Crippen molar-refractivity contribution >= 4 is 22.6 Å². The van der Waals surface area contributed by atoms with Crippen molar-refractivity contribution in [1.82, 2.24) is 10.9 Å². The normalized spacial score (nSPS) is 14.9. The van der Waals surface area contributed by atoms with E-state index in [9.17, 15) is 9.59 Å². The molecule has 28 heavy (non-hydrogen) atoms. The summed E-state index contributed by atoms with van der Waals surface area (Å²) in [6.45, 7) is -0.176. The number of ether oxygens (including phenoxy) is 3. The van der Waals surface area contributed by atoms with Crippen LogP contribution in [-0.2, 0) is 9.59 Å². The van der Waals surface area contributed by atoms with Crippen molar-refractivity contribution in [1.29, 1.82) is 0 Å². The number of carbonyl (C=O) groups excluding carboxylic acids is 2. The van der Waals surface area contributed by atoms with Gasteiger partial charge in [-0.25, -0.2) is 0 Å². The predicted molar refractivity (Wildman–Crippen MR) is 102 cm³/mol. The Morgan fingerprint density at radius 1 is 0.929 bits per heavy atom. The van der Waals surface area contributed by atoms with Crippen LogP contribution in [-0.4, -0.2) is 31.1 Å². The number of carbonyl (C=O) groups is 2. The van der Waals surface area contributed by atoms with Gasteiger partial charge in [-0.2, -0.15) is 0 Å². The number of para-hydroxylation sites is 2. The van der Waals surface area contributed by atoms with Crippen LogP contribution < -0.4 is 25.1 Å². The van der Waals surface area contributed by atoms with Crippen molar-refractivity contribution in [3.8, 4) is 17.2 Å². The van der Waals surface area contributed by atoms with Gasteiger partial charge in [0.15, 0.2) is 18.1 Å². The van der Waals surface area contributed by atoms with Gasteiger partial charge >= 0.3 is 0 Å². The number of fused-ring (bicyclic) bond motifs is 2. The number of hydrogen-bond donors (Lipinski definition) is 2. The lowest BCUT2D eigenvalue weighted by Crippen LogP contribution is -2.51. The molecule has 0 unspecified atom stereocenters. The van der Waals surface area contributed by atoms with Crippen molar-refractivity contribution in [2.45, 2.75) is 6.10 Å². The molecule has 1 aliphatic rings. The molecule has 0 aromatic heterocycles. The molecule has 1 heterocycles. The van der Waals surface area contributed by atoms with Crippen LogP contribution in [0.4, 0.5) is 0 Å². The quantitative estimate of drug-likeness (QED) is 0.680. The minimum atomic E-state index is -0.853. The highest BCUT2D eigenvalue weighted by molar-refractivity contribution is 5.89. The highest BCUT2D eigenvalue weighted by atomic mass is 16.6. The van der Waals surface area contributed by atoms with E-state index in [-0.39, 0.29) is 13.2 Å². The van der Waals surface area contributed by atoms with E-state index in [1.807, 2.05) is 42.5 Å². The summed E-state index contributed by atoms with van der Waals surface area (Å²) in [6, 6.07) is 20.4. The van der Waals surface area contributed by atoms with Crippen LogP contribution in [0.5, 0.6) is 17.2 Å². The van der Waals surface area contributed by atoms with Crippen molar-refractivity contribution in [2.24, 2.45) is 0 Å². The third-order valence-corrected chi connectivity index (χ3v) is 4.23. The maximum atomic E-state index is 12.2. The Bertz CT molecular complexity index is 1020. The fourth-order valence-electron chi connectivity index (χ4n) is 2.86. The number of rotatable bonds is 4. The molecule has 0 fully saturated rings. The molecule has 2 N–H and O–H groups in total. The van der Waals surface area contributed by atoms with E-state index in [4.69, 9.17) is 14.2 Å². The summed E-state index contributed by atoms with van der Waals surface area (Å²) in [4.78, 5) is 24.2. The summed E-state index contributed by atoms with van der Waals surface area (Å²) in [5.41, 5.74) is 4.66. The van der Waals surface area contributed by atoms with Crippen LogP contribution in [0.25, 0.3) is 10.8 Å². The molecule has 7 nitrogen and oxygen atoms in total. The SMILES string of the molecule is O=C(COc1cccc2ccccc12)NNC(=O)[C@H]1COc2ccccc2O1. The van der Waals surface area contributed by atoms with Crippen LogP contribution in [0.15, 0.2) is 66.7 Å². The molecule has 0 radical (unpaired) electrons. The number of hydrazine groups is 1. The van der Waals surface area contributed by atoms with E-state index in [0.717, 1.165) is 10.8 Å². The van der Waals surface area contributed by atoms with E-state index < -0.39 is 17.9 Å². The molecule has 142 valence electrons. The Labute approximate surface area is 161 Å². The Morgan fingerprint density at radius 3 is 2.57 bits per heavy atom. The first-order chi connectivity index (χ1) is 13.7.